The largest absolute Gasteiger partial charge is 0.481 e. The molecule has 0 aromatic carbocycles. The van der Waals surface area contributed by atoms with Crippen molar-refractivity contribution in [3.05, 3.63) is 16.8 Å². The number of carbonyl (C=O) groups is 2. The van der Waals surface area contributed by atoms with Crippen molar-refractivity contribution in [1.29, 1.82) is 0 Å². The molecule has 0 saturated carbocycles. The lowest BCUT2D eigenvalue weighted by Crippen LogP contribution is -2.30. The zero-order chi connectivity index (χ0) is 13.6. The Morgan fingerprint density at radius 3 is 2.39 bits per heavy atom. The Hall–Kier alpha value is -1.60. The van der Waals surface area contributed by atoms with Gasteiger partial charge in [-0.25, -0.2) is 0 Å². The van der Waals surface area contributed by atoms with Gasteiger partial charge in [0.15, 0.2) is 5.75 Å². The van der Waals surface area contributed by atoms with Crippen molar-refractivity contribution in [3.63, 3.8) is 0 Å². The first-order chi connectivity index (χ1) is 8.41. The minimum atomic E-state index is -1.07. The van der Waals surface area contributed by atoms with Crippen LogP contribution in [0.4, 0.5) is 0 Å². The maximum absolute atomic E-state index is 10.7. The van der Waals surface area contributed by atoms with Gasteiger partial charge in [-0.2, -0.15) is 4.89 Å². The fourth-order valence-corrected chi connectivity index (χ4v) is 1.98. The molecule has 6 nitrogen and oxygen atoms in total. The number of hydrogen-bond donors (Lipinski definition) is 2. The summed E-state index contributed by atoms with van der Waals surface area (Å²) in [5.74, 6) is -1.64. The summed E-state index contributed by atoms with van der Waals surface area (Å²) < 4.78 is 0. The van der Waals surface area contributed by atoms with Crippen LogP contribution in [-0.2, 0) is 14.5 Å². The second kappa shape index (κ2) is 6.36. The van der Waals surface area contributed by atoms with Crippen LogP contribution in [0.1, 0.15) is 19.8 Å². The maximum atomic E-state index is 10.7. The summed E-state index contributed by atoms with van der Waals surface area (Å²) in [4.78, 5) is 31.3. The van der Waals surface area contributed by atoms with Gasteiger partial charge in [0.2, 0.25) is 0 Å². The van der Waals surface area contributed by atoms with E-state index in [4.69, 9.17) is 20.0 Å². The molecule has 0 aliphatic heterocycles. The molecule has 1 heterocycles. The van der Waals surface area contributed by atoms with E-state index in [1.807, 2.05) is 0 Å². The van der Waals surface area contributed by atoms with Gasteiger partial charge < -0.3 is 15.1 Å². The van der Waals surface area contributed by atoms with Crippen LogP contribution in [0.25, 0.3) is 0 Å². The average molecular weight is 274 g/mol. The van der Waals surface area contributed by atoms with Crippen molar-refractivity contribution in [2.24, 2.45) is 5.41 Å². The topological polar surface area (TPSA) is 93.1 Å². The molecule has 0 spiro atoms. The highest BCUT2D eigenvalue weighted by Crippen LogP contribution is 2.27. The van der Waals surface area contributed by atoms with Crippen LogP contribution in [-0.4, -0.2) is 28.8 Å². The van der Waals surface area contributed by atoms with Crippen LogP contribution in [0.3, 0.4) is 0 Å². The van der Waals surface area contributed by atoms with E-state index in [2.05, 4.69) is 0 Å². The van der Waals surface area contributed by atoms with Gasteiger partial charge in [0.25, 0.3) is 0 Å². The van der Waals surface area contributed by atoms with Crippen LogP contribution >= 0.6 is 11.3 Å². The highest BCUT2D eigenvalue weighted by molar-refractivity contribution is 7.08. The third-order valence-electron chi connectivity index (χ3n) is 2.21. The second-order valence-corrected chi connectivity index (χ2v) is 5.04. The molecule has 2 N–H and O–H groups in total. The number of carboxylic acid groups (broad SMARTS) is 2. The third kappa shape index (κ3) is 5.15. The SMILES string of the molecule is CC(COOc1ccsc1)(CC(=O)O)CC(=O)O. The van der Waals surface area contributed by atoms with Gasteiger partial charge in [-0.1, -0.05) is 6.92 Å². The van der Waals surface area contributed by atoms with Gasteiger partial charge in [-0.05, 0) is 11.4 Å². The summed E-state index contributed by atoms with van der Waals surface area (Å²) in [6.45, 7) is 1.42. The maximum Gasteiger partial charge on any atom is 0.304 e. The van der Waals surface area contributed by atoms with Crippen molar-refractivity contribution in [2.45, 2.75) is 19.8 Å². The Morgan fingerprint density at radius 1 is 1.33 bits per heavy atom. The van der Waals surface area contributed by atoms with E-state index in [0.29, 0.717) is 5.75 Å². The molecule has 1 aromatic rings. The highest BCUT2D eigenvalue weighted by atomic mass is 32.1. The van der Waals surface area contributed by atoms with E-state index in [1.54, 1.807) is 16.8 Å². The number of rotatable bonds is 8. The number of aliphatic carboxylic acids is 2. The number of thiophene rings is 1. The van der Waals surface area contributed by atoms with E-state index < -0.39 is 17.4 Å². The summed E-state index contributed by atoms with van der Waals surface area (Å²) in [5.41, 5.74) is -1.01. The minimum absolute atomic E-state index is 0.110. The van der Waals surface area contributed by atoms with Gasteiger partial charge in [0, 0.05) is 10.8 Å². The molecule has 0 atom stereocenters. The monoisotopic (exact) mass is 274 g/mol. The number of hydrogen-bond acceptors (Lipinski definition) is 5. The van der Waals surface area contributed by atoms with Crippen molar-refractivity contribution < 1.29 is 29.6 Å². The van der Waals surface area contributed by atoms with Gasteiger partial charge in [-0.15, -0.1) is 11.3 Å². The fourth-order valence-electron chi connectivity index (χ4n) is 1.43. The van der Waals surface area contributed by atoms with E-state index in [0.717, 1.165) is 0 Å². The lowest BCUT2D eigenvalue weighted by Gasteiger charge is -2.24. The molecule has 0 radical (unpaired) electrons. The van der Waals surface area contributed by atoms with Crippen molar-refractivity contribution in [1.82, 2.24) is 0 Å². The Bertz CT molecular complexity index is 384. The molecule has 0 amide bonds. The predicted octanol–water partition coefficient (Wildman–Crippen LogP) is 2.01. The molecule has 1 aromatic heterocycles. The van der Waals surface area contributed by atoms with Crippen LogP contribution in [0.2, 0.25) is 0 Å². The molecule has 0 aliphatic carbocycles. The second-order valence-electron chi connectivity index (χ2n) is 4.26. The molecule has 18 heavy (non-hydrogen) atoms. The first-order valence-electron chi connectivity index (χ1n) is 5.16. The molecule has 0 bridgehead atoms. The van der Waals surface area contributed by atoms with E-state index in [9.17, 15) is 9.59 Å². The van der Waals surface area contributed by atoms with Crippen LogP contribution < -0.4 is 4.89 Å². The van der Waals surface area contributed by atoms with E-state index in [-0.39, 0.29) is 19.4 Å². The lowest BCUT2D eigenvalue weighted by molar-refractivity contribution is -0.229. The van der Waals surface area contributed by atoms with Crippen molar-refractivity contribution >= 4 is 23.3 Å². The summed E-state index contributed by atoms with van der Waals surface area (Å²) in [7, 11) is 0. The Morgan fingerprint density at radius 2 is 1.94 bits per heavy atom. The normalized spacial score (nSPS) is 11.2. The van der Waals surface area contributed by atoms with Gasteiger partial charge >= 0.3 is 11.9 Å². The molecule has 0 fully saturated rings. The molecular weight excluding hydrogens is 260 g/mol. The third-order valence-corrected chi connectivity index (χ3v) is 2.88. The molecule has 0 aliphatic rings. The van der Waals surface area contributed by atoms with Gasteiger partial charge in [-0.3, -0.25) is 9.59 Å². The molecule has 0 saturated heterocycles. The first kappa shape index (κ1) is 14.5. The Labute approximate surface area is 108 Å². The van der Waals surface area contributed by atoms with Crippen LogP contribution in [0.15, 0.2) is 16.8 Å². The number of carboxylic acids is 2. The quantitative estimate of drug-likeness (QED) is 0.556. The molecule has 7 heteroatoms. The zero-order valence-electron chi connectivity index (χ0n) is 9.79. The average Bonchev–Trinajstić information content (AvgIpc) is 2.67. The fraction of sp³-hybridized carbons (Fsp3) is 0.455. The standard InChI is InChI=1S/C11H14O6S/c1-11(4-9(12)13,5-10(14)15)7-16-17-8-2-3-18-6-8/h2-3,6H,4-5,7H2,1H3,(H,12,13)(H,14,15). The van der Waals surface area contributed by atoms with E-state index in [1.165, 1.54) is 18.3 Å². The zero-order valence-corrected chi connectivity index (χ0v) is 10.6. The van der Waals surface area contributed by atoms with Gasteiger partial charge in [0.05, 0.1) is 12.8 Å². The molecule has 1 rings (SSSR count). The molecular formula is C11H14O6S. The minimum Gasteiger partial charge on any atom is -0.481 e. The van der Waals surface area contributed by atoms with Gasteiger partial charge in [0.1, 0.15) is 6.61 Å². The summed E-state index contributed by atoms with van der Waals surface area (Å²) in [6, 6.07) is 1.69. The highest BCUT2D eigenvalue weighted by Gasteiger charge is 2.31. The Balaban J connectivity index is 2.49. The summed E-state index contributed by atoms with van der Waals surface area (Å²) in [6.07, 6.45) is -0.599. The first-order valence-corrected chi connectivity index (χ1v) is 6.11. The van der Waals surface area contributed by atoms with Crippen LogP contribution in [0, 0.1) is 5.41 Å². The predicted molar refractivity (Wildman–Crippen MR) is 63.5 cm³/mol. The molecule has 0 unspecified atom stereocenters. The molecule has 100 valence electrons. The summed E-state index contributed by atoms with van der Waals surface area (Å²) in [5, 5.41) is 21.0. The van der Waals surface area contributed by atoms with Crippen LogP contribution in [0.5, 0.6) is 5.75 Å². The smallest absolute Gasteiger partial charge is 0.304 e. The van der Waals surface area contributed by atoms with E-state index >= 15 is 0 Å². The van der Waals surface area contributed by atoms with Crippen molar-refractivity contribution in [3.8, 4) is 5.75 Å². The lowest BCUT2D eigenvalue weighted by atomic mass is 9.84. The van der Waals surface area contributed by atoms with Crippen molar-refractivity contribution in [2.75, 3.05) is 6.61 Å². The Kier molecular flexibility index (Phi) is 5.11. The summed E-state index contributed by atoms with van der Waals surface area (Å²) >= 11 is 1.43.